The lowest BCUT2D eigenvalue weighted by molar-refractivity contribution is -0.123. The van der Waals surface area contributed by atoms with Crippen LogP contribution in [0.15, 0.2) is 46.9 Å². The summed E-state index contributed by atoms with van der Waals surface area (Å²) in [6.45, 7) is 2.54. The van der Waals surface area contributed by atoms with Crippen LogP contribution < -0.4 is 14.8 Å². The van der Waals surface area contributed by atoms with Crippen molar-refractivity contribution in [1.29, 1.82) is 0 Å². The number of amides is 1. The van der Waals surface area contributed by atoms with Gasteiger partial charge < -0.3 is 19.9 Å². The minimum Gasteiger partial charge on any atom is -0.490 e. The van der Waals surface area contributed by atoms with Gasteiger partial charge in [0.15, 0.2) is 18.1 Å². The number of rotatable bonds is 8. The van der Waals surface area contributed by atoms with Gasteiger partial charge in [0.05, 0.1) is 17.7 Å². The Morgan fingerprint density at radius 2 is 1.92 bits per heavy atom. The van der Waals surface area contributed by atoms with Crippen LogP contribution in [0, 0.1) is 0 Å². The molecule has 128 valence electrons. The second kappa shape index (κ2) is 9.30. The highest BCUT2D eigenvalue weighted by Gasteiger charge is 2.13. The van der Waals surface area contributed by atoms with E-state index in [2.05, 4.69) is 21.2 Å². The molecule has 2 aromatic carbocycles. The molecule has 0 bridgehead atoms. The number of carbonyl (C=O) groups is 1. The lowest BCUT2D eigenvalue weighted by atomic mass is 10.2. The molecule has 5 nitrogen and oxygen atoms in total. The molecule has 6 heteroatoms. The zero-order valence-corrected chi connectivity index (χ0v) is 15.0. The van der Waals surface area contributed by atoms with Crippen LogP contribution in [0.1, 0.15) is 18.1 Å². The van der Waals surface area contributed by atoms with E-state index in [9.17, 15) is 9.90 Å². The second-order valence-electron chi connectivity index (χ2n) is 5.05. The molecular weight excluding hydrogens is 374 g/mol. The van der Waals surface area contributed by atoms with E-state index >= 15 is 0 Å². The van der Waals surface area contributed by atoms with Crippen molar-refractivity contribution in [2.75, 3.05) is 13.2 Å². The SMILES string of the molecule is CCOc1cc(CO)cc(Br)c1OCC(=O)NCc1ccccc1. The topological polar surface area (TPSA) is 67.8 Å². The molecule has 0 saturated heterocycles. The van der Waals surface area contributed by atoms with Gasteiger partial charge in [-0.05, 0) is 46.1 Å². The molecule has 0 atom stereocenters. The molecule has 0 spiro atoms. The largest absolute Gasteiger partial charge is 0.490 e. The summed E-state index contributed by atoms with van der Waals surface area (Å²) in [5, 5.41) is 12.1. The number of aliphatic hydroxyl groups excluding tert-OH is 1. The van der Waals surface area contributed by atoms with E-state index in [0.717, 1.165) is 5.56 Å². The number of hydrogen-bond donors (Lipinski definition) is 2. The first-order chi connectivity index (χ1) is 11.6. The highest BCUT2D eigenvalue weighted by Crippen LogP contribution is 2.36. The summed E-state index contributed by atoms with van der Waals surface area (Å²) in [6, 6.07) is 13.1. The quantitative estimate of drug-likeness (QED) is 0.723. The monoisotopic (exact) mass is 393 g/mol. The lowest BCUT2D eigenvalue weighted by Gasteiger charge is -2.15. The molecule has 0 aliphatic carbocycles. The first-order valence-electron chi connectivity index (χ1n) is 7.63. The van der Waals surface area contributed by atoms with E-state index in [1.807, 2.05) is 37.3 Å². The predicted molar refractivity (Wildman–Crippen MR) is 95.0 cm³/mol. The summed E-state index contributed by atoms with van der Waals surface area (Å²) >= 11 is 3.39. The first kappa shape index (κ1) is 18.3. The van der Waals surface area contributed by atoms with Gasteiger partial charge in [-0.15, -0.1) is 0 Å². The molecule has 1 amide bonds. The van der Waals surface area contributed by atoms with Crippen LogP contribution in [-0.2, 0) is 17.9 Å². The van der Waals surface area contributed by atoms with Crippen molar-refractivity contribution in [1.82, 2.24) is 5.32 Å². The van der Waals surface area contributed by atoms with E-state index in [1.54, 1.807) is 12.1 Å². The van der Waals surface area contributed by atoms with Crippen molar-refractivity contribution < 1.29 is 19.4 Å². The third kappa shape index (κ3) is 5.25. The third-order valence-electron chi connectivity index (χ3n) is 3.23. The van der Waals surface area contributed by atoms with Crippen LogP contribution in [0.25, 0.3) is 0 Å². The smallest absolute Gasteiger partial charge is 0.258 e. The van der Waals surface area contributed by atoms with Crippen molar-refractivity contribution in [3.63, 3.8) is 0 Å². The summed E-state index contributed by atoms with van der Waals surface area (Å²) in [5.74, 6) is 0.718. The Morgan fingerprint density at radius 1 is 1.17 bits per heavy atom. The third-order valence-corrected chi connectivity index (χ3v) is 3.82. The highest BCUT2D eigenvalue weighted by molar-refractivity contribution is 9.10. The summed E-state index contributed by atoms with van der Waals surface area (Å²) in [5.41, 5.74) is 1.72. The maximum Gasteiger partial charge on any atom is 0.258 e. The number of aliphatic hydroxyl groups is 1. The van der Waals surface area contributed by atoms with Crippen LogP contribution in [0.3, 0.4) is 0 Å². The first-order valence-corrected chi connectivity index (χ1v) is 8.42. The molecule has 0 aliphatic heterocycles. The fraction of sp³-hybridized carbons (Fsp3) is 0.278. The van der Waals surface area contributed by atoms with Gasteiger partial charge in [-0.2, -0.15) is 0 Å². The molecule has 0 saturated carbocycles. The van der Waals surface area contributed by atoms with Gasteiger partial charge in [0, 0.05) is 6.54 Å². The zero-order chi connectivity index (χ0) is 17.4. The van der Waals surface area contributed by atoms with Crippen molar-refractivity contribution >= 4 is 21.8 Å². The molecule has 0 unspecified atom stereocenters. The molecule has 2 rings (SSSR count). The summed E-state index contributed by atoms with van der Waals surface area (Å²) in [7, 11) is 0. The van der Waals surface area contributed by atoms with Crippen molar-refractivity contribution in [3.05, 3.63) is 58.1 Å². The van der Waals surface area contributed by atoms with E-state index in [4.69, 9.17) is 9.47 Å². The average molecular weight is 394 g/mol. The molecule has 0 aromatic heterocycles. The van der Waals surface area contributed by atoms with Crippen molar-refractivity contribution in [2.24, 2.45) is 0 Å². The number of carbonyl (C=O) groups excluding carboxylic acids is 1. The Bertz CT molecular complexity index is 676. The van der Waals surface area contributed by atoms with Gasteiger partial charge in [0.25, 0.3) is 5.91 Å². The Balaban J connectivity index is 1.96. The maximum absolute atomic E-state index is 12.0. The molecule has 0 radical (unpaired) electrons. The van der Waals surface area contributed by atoms with E-state index in [0.29, 0.717) is 34.7 Å². The Kier molecular flexibility index (Phi) is 7.08. The van der Waals surface area contributed by atoms with Gasteiger partial charge in [-0.3, -0.25) is 4.79 Å². The number of nitrogens with one attached hydrogen (secondary N) is 1. The Morgan fingerprint density at radius 3 is 2.58 bits per heavy atom. The van der Waals surface area contributed by atoms with Crippen molar-refractivity contribution in [3.8, 4) is 11.5 Å². The van der Waals surface area contributed by atoms with Crippen LogP contribution in [0.2, 0.25) is 0 Å². The molecule has 2 N–H and O–H groups in total. The number of hydrogen-bond acceptors (Lipinski definition) is 4. The van der Waals surface area contributed by atoms with Gasteiger partial charge in [-0.1, -0.05) is 30.3 Å². The molecule has 24 heavy (non-hydrogen) atoms. The van der Waals surface area contributed by atoms with Crippen LogP contribution in [-0.4, -0.2) is 24.2 Å². The van der Waals surface area contributed by atoms with E-state index in [1.165, 1.54) is 0 Å². The van der Waals surface area contributed by atoms with Gasteiger partial charge in [0.2, 0.25) is 0 Å². The Labute approximate surface area is 149 Å². The van der Waals surface area contributed by atoms with E-state index in [-0.39, 0.29) is 19.1 Å². The lowest BCUT2D eigenvalue weighted by Crippen LogP contribution is -2.28. The normalized spacial score (nSPS) is 10.3. The zero-order valence-electron chi connectivity index (χ0n) is 13.4. The second-order valence-corrected chi connectivity index (χ2v) is 5.90. The fourth-order valence-corrected chi connectivity index (χ4v) is 2.70. The van der Waals surface area contributed by atoms with Crippen LogP contribution in [0.5, 0.6) is 11.5 Å². The molecule has 0 heterocycles. The standard InChI is InChI=1S/C18H20BrNO4/c1-2-23-16-9-14(11-21)8-15(19)18(16)24-12-17(22)20-10-13-6-4-3-5-7-13/h3-9,21H,2,10-12H2,1H3,(H,20,22). The van der Waals surface area contributed by atoms with Gasteiger partial charge in [-0.25, -0.2) is 0 Å². The van der Waals surface area contributed by atoms with Gasteiger partial charge in [0.1, 0.15) is 0 Å². The van der Waals surface area contributed by atoms with E-state index < -0.39 is 0 Å². The summed E-state index contributed by atoms with van der Waals surface area (Å²) in [4.78, 5) is 12.0. The Hall–Kier alpha value is -2.05. The minimum absolute atomic E-state index is 0.101. The molecular formula is C18H20BrNO4. The summed E-state index contributed by atoms with van der Waals surface area (Å²) < 4.78 is 11.8. The molecule has 2 aromatic rings. The number of benzene rings is 2. The van der Waals surface area contributed by atoms with Crippen molar-refractivity contribution in [2.45, 2.75) is 20.1 Å². The summed E-state index contributed by atoms with van der Waals surface area (Å²) in [6.07, 6.45) is 0. The van der Waals surface area contributed by atoms with Crippen LogP contribution >= 0.6 is 15.9 Å². The molecule has 0 fully saturated rings. The number of halogens is 1. The predicted octanol–water partition coefficient (Wildman–Crippen LogP) is 3.04. The minimum atomic E-state index is -0.223. The maximum atomic E-state index is 12.0. The number of ether oxygens (including phenoxy) is 2. The van der Waals surface area contributed by atoms with Crippen LogP contribution in [0.4, 0.5) is 0 Å². The highest BCUT2D eigenvalue weighted by atomic mass is 79.9. The molecule has 0 aliphatic rings. The fourth-order valence-electron chi connectivity index (χ4n) is 2.10. The van der Waals surface area contributed by atoms with Gasteiger partial charge >= 0.3 is 0 Å². The average Bonchev–Trinajstić information content (AvgIpc) is 2.60.